The SMILES string of the molecule is CCCCCC12C(c3ccccc3)=C(c3ccccc3)C(C3C(=O)N(CCc4ccc(OC)c(OC)c4)C(=O)C31)C1C(=O)N(CCc3ccc(OC)c(OC)c3)C(=O)C12. The van der Waals surface area contributed by atoms with Crippen molar-refractivity contribution < 1.29 is 38.1 Å². The molecule has 0 spiro atoms. The van der Waals surface area contributed by atoms with Crippen LogP contribution in [0.2, 0.25) is 0 Å². The number of methoxy groups -OCH3 is 4. The molecule has 10 heteroatoms. The Morgan fingerprint density at radius 3 is 1.42 bits per heavy atom. The van der Waals surface area contributed by atoms with E-state index in [2.05, 4.69) is 19.1 Å². The van der Waals surface area contributed by atoms with Gasteiger partial charge in [-0.2, -0.15) is 0 Å². The van der Waals surface area contributed by atoms with Gasteiger partial charge in [-0.05, 0) is 76.9 Å². The molecule has 10 nitrogen and oxygen atoms in total. The van der Waals surface area contributed by atoms with E-state index in [0.29, 0.717) is 42.3 Å². The van der Waals surface area contributed by atoms with Gasteiger partial charge < -0.3 is 18.9 Å². The molecule has 0 N–H and O–H groups in total. The highest BCUT2D eigenvalue weighted by atomic mass is 16.5. The average Bonchev–Trinajstić information content (AvgIpc) is 3.69. The van der Waals surface area contributed by atoms with Crippen LogP contribution in [0.3, 0.4) is 0 Å². The lowest BCUT2D eigenvalue weighted by Crippen LogP contribution is -2.60. The minimum Gasteiger partial charge on any atom is -0.493 e. The standard InChI is InChI=1S/C49H52N2O8/c1-6-7-14-25-49-42(33-17-12-9-13-18-33)38(32-15-10-8-11-16-32)39(40-43(49)47(54)50(45(40)52)26-23-30-19-21-34(56-2)36(28-30)58-4)41-44(49)48(55)51(46(41)53)27-24-31-20-22-35(57-3)37(29-31)59-5/h8-13,15-22,28-29,39-41,43-44H,6-7,14,23-27H2,1-5H3. The number of amides is 4. The van der Waals surface area contributed by atoms with Gasteiger partial charge in [0.15, 0.2) is 23.0 Å². The van der Waals surface area contributed by atoms with Crippen LogP contribution in [0, 0.1) is 35.0 Å². The summed E-state index contributed by atoms with van der Waals surface area (Å²) in [5, 5.41) is 0. The van der Waals surface area contributed by atoms with E-state index in [1.807, 2.05) is 84.9 Å². The number of hydrogen-bond donors (Lipinski definition) is 0. The van der Waals surface area contributed by atoms with Crippen molar-refractivity contribution in [3.8, 4) is 23.0 Å². The Morgan fingerprint density at radius 1 is 0.525 bits per heavy atom. The van der Waals surface area contributed by atoms with Crippen LogP contribution in [-0.4, -0.2) is 75.0 Å². The predicted molar refractivity (Wildman–Crippen MR) is 224 cm³/mol. The lowest BCUT2D eigenvalue weighted by molar-refractivity contribution is -0.146. The van der Waals surface area contributed by atoms with Crippen molar-refractivity contribution >= 4 is 34.8 Å². The molecule has 4 atom stereocenters. The van der Waals surface area contributed by atoms with Crippen LogP contribution in [0.4, 0.5) is 0 Å². The number of ether oxygens (including phenoxy) is 4. The van der Waals surface area contributed by atoms with Crippen molar-refractivity contribution in [2.24, 2.45) is 35.0 Å². The summed E-state index contributed by atoms with van der Waals surface area (Å²) in [4.78, 5) is 63.8. The third kappa shape index (κ3) is 6.48. The van der Waals surface area contributed by atoms with Gasteiger partial charge in [-0.25, -0.2) is 0 Å². The molecule has 4 unspecified atom stereocenters. The summed E-state index contributed by atoms with van der Waals surface area (Å²) >= 11 is 0. The van der Waals surface area contributed by atoms with E-state index in [1.165, 1.54) is 9.80 Å². The van der Waals surface area contributed by atoms with E-state index in [0.717, 1.165) is 52.7 Å². The maximum Gasteiger partial charge on any atom is 0.234 e. The molecule has 2 heterocycles. The minimum atomic E-state index is -1.12. The van der Waals surface area contributed by atoms with Crippen LogP contribution in [0.5, 0.6) is 23.0 Å². The molecule has 0 radical (unpaired) electrons. The number of carbonyl (C=O) groups excluding carboxylic acids is 4. The normalized spacial score (nSPS) is 24.5. The Morgan fingerprint density at radius 2 is 0.983 bits per heavy atom. The molecule has 2 saturated heterocycles. The van der Waals surface area contributed by atoms with Gasteiger partial charge in [0.05, 0.1) is 52.1 Å². The first-order chi connectivity index (χ1) is 28.7. The molecule has 3 fully saturated rings. The summed E-state index contributed by atoms with van der Waals surface area (Å²) in [6.45, 7) is 2.45. The molecule has 2 aliphatic heterocycles. The maximum atomic E-state index is 15.3. The van der Waals surface area contributed by atoms with E-state index in [9.17, 15) is 0 Å². The van der Waals surface area contributed by atoms with Crippen molar-refractivity contribution in [3.63, 3.8) is 0 Å². The van der Waals surface area contributed by atoms with Crippen LogP contribution < -0.4 is 18.9 Å². The second-order valence-electron chi connectivity index (χ2n) is 16.1. The largest absolute Gasteiger partial charge is 0.493 e. The zero-order chi connectivity index (χ0) is 41.4. The molecule has 9 rings (SSSR count). The third-order valence-electron chi connectivity index (χ3n) is 13.3. The molecule has 3 aliphatic carbocycles. The first-order valence-electron chi connectivity index (χ1n) is 20.7. The van der Waals surface area contributed by atoms with E-state index < -0.39 is 35.0 Å². The second-order valence-corrected chi connectivity index (χ2v) is 16.1. The lowest BCUT2D eigenvalue weighted by Gasteiger charge is -2.59. The highest BCUT2D eigenvalue weighted by molar-refractivity contribution is 6.17. The summed E-state index contributed by atoms with van der Waals surface area (Å²) in [5.74, 6) is -2.67. The van der Waals surface area contributed by atoms with E-state index in [-0.39, 0.29) is 36.7 Å². The number of carbonyl (C=O) groups is 4. The Hall–Kier alpha value is -5.90. The van der Waals surface area contributed by atoms with Gasteiger partial charge in [0.2, 0.25) is 23.6 Å². The summed E-state index contributed by atoms with van der Waals surface area (Å²) in [7, 11) is 6.31. The molecule has 59 heavy (non-hydrogen) atoms. The Kier molecular flexibility index (Phi) is 11.1. The molecule has 306 valence electrons. The number of unbranched alkanes of at least 4 members (excludes halogenated alkanes) is 2. The quantitative estimate of drug-likeness (QED) is 0.0846. The molecule has 4 amide bonds. The van der Waals surface area contributed by atoms with Crippen LogP contribution in [0.25, 0.3) is 11.1 Å². The Labute approximate surface area is 346 Å². The minimum absolute atomic E-state index is 0.161. The zero-order valence-corrected chi connectivity index (χ0v) is 34.4. The van der Waals surface area contributed by atoms with Gasteiger partial charge in [-0.3, -0.25) is 29.0 Å². The number of likely N-dealkylation sites (tertiary alicyclic amines) is 2. The van der Waals surface area contributed by atoms with Crippen LogP contribution >= 0.6 is 0 Å². The maximum absolute atomic E-state index is 15.3. The molecule has 5 aliphatic rings. The number of hydrogen-bond acceptors (Lipinski definition) is 8. The van der Waals surface area contributed by atoms with Crippen molar-refractivity contribution in [1.82, 2.24) is 9.80 Å². The van der Waals surface area contributed by atoms with Gasteiger partial charge in [0.1, 0.15) is 0 Å². The summed E-state index contributed by atoms with van der Waals surface area (Å²) in [6.07, 6.45) is 3.83. The van der Waals surface area contributed by atoms with Crippen molar-refractivity contribution in [2.75, 3.05) is 41.5 Å². The Balaban J connectivity index is 1.27. The van der Waals surface area contributed by atoms with E-state index in [4.69, 9.17) is 18.9 Å². The fourth-order valence-corrected chi connectivity index (χ4v) is 10.9. The first kappa shape index (κ1) is 39.9. The van der Waals surface area contributed by atoms with Crippen LogP contribution in [-0.2, 0) is 32.0 Å². The number of allylic oxidation sites excluding steroid dienone is 2. The molecular weight excluding hydrogens is 745 g/mol. The van der Waals surface area contributed by atoms with Gasteiger partial charge in [-0.15, -0.1) is 0 Å². The summed E-state index contributed by atoms with van der Waals surface area (Å²) < 4.78 is 22.0. The Bertz CT molecular complexity index is 2180. The molecular formula is C49H52N2O8. The number of nitrogens with zero attached hydrogens (tertiary/aromatic N) is 2. The summed E-state index contributed by atoms with van der Waals surface area (Å²) in [6, 6.07) is 31.2. The van der Waals surface area contributed by atoms with Crippen molar-refractivity contribution in [3.05, 3.63) is 119 Å². The van der Waals surface area contributed by atoms with Gasteiger partial charge in [0, 0.05) is 24.4 Å². The number of imide groups is 2. The van der Waals surface area contributed by atoms with Gasteiger partial charge in [-0.1, -0.05) is 99.0 Å². The second kappa shape index (κ2) is 16.4. The van der Waals surface area contributed by atoms with E-state index >= 15 is 19.2 Å². The van der Waals surface area contributed by atoms with Crippen LogP contribution in [0.15, 0.2) is 97.1 Å². The van der Waals surface area contributed by atoms with Crippen molar-refractivity contribution in [2.45, 2.75) is 45.4 Å². The molecule has 0 aromatic heterocycles. The number of rotatable bonds is 16. The molecule has 2 bridgehead atoms. The topological polar surface area (TPSA) is 112 Å². The van der Waals surface area contributed by atoms with E-state index in [1.54, 1.807) is 28.4 Å². The average molecular weight is 797 g/mol. The first-order valence-corrected chi connectivity index (χ1v) is 20.7. The van der Waals surface area contributed by atoms with Crippen LogP contribution in [0.1, 0.15) is 54.9 Å². The molecule has 1 saturated carbocycles. The lowest BCUT2D eigenvalue weighted by atomic mass is 9.40. The monoisotopic (exact) mass is 796 g/mol. The highest BCUT2D eigenvalue weighted by Crippen LogP contribution is 2.73. The fraction of sp³-hybridized carbons (Fsp3) is 0.388. The van der Waals surface area contributed by atoms with Gasteiger partial charge >= 0.3 is 0 Å². The highest BCUT2D eigenvalue weighted by Gasteiger charge is 2.77. The molecule has 4 aromatic carbocycles. The summed E-state index contributed by atoms with van der Waals surface area (Å²) in [5.41, 5.74) is 4.30. The third-order valence-corrected chi connectivity index (χ3v) is 13.3. The molecule has 4 aromatic rings. The smallest absolute Gasteiger partial charge is 0.234 e. The van der Waals surface area contributed by atoms with Gasteiger partial charge in [0.25, 0.3) is 0 Å². The van der Waals surface area contributed by atoms with Crippen molar-refractivity contribution in [1.29, 1.82) is 0 Å². The number of benzene rings is 4. The predicted octanol–water partition coefficient (Wildman–Crippen LogP) is 7.53. The fourth-order valence-electron chi connectivity index (χ4n) is 10.9. The zero-order valence-electron chi connectivity index (χ0n) is 34.4.